The fourth-order valence-corrected chi connectivity index (χ4v) is 3.70. The van der Waals surface area contributed by atoms with Crippen molar-refractivity contribution in [2.24, 2.45) is 4.99 Å². The number of methoxy groups -OCH3 is 1. The number of hydrogen-bond acceptors (Lipinski definition) is 5. The fourth-order valence-electron chi connectivity index (χ4n) is 3.70. The van der Waals surface area contributed by atoms with Crippen LogP contribution in [0.25, 0.3) is 11.3 Å². The van der Waals surface area contributed by atoms with Crippen LogP contribution in [0.4, 0.5) is 5.69 Å². The van der Waals surface area contributed by atoms with E-state index in [1.54, 1.807) is 13.3 Å². The zero-order valence-electron chi connectivity index (χ0n) is 18.7. The van der Waals surface area contributed by atoms with Crippen molar-refractivity contribution in [1.29, 1.82) is 0 Å². The Hall–Kier alpha value is -2.75. The van der Waals surface area contributed by atoms with E-state index in [1.165, 1.54) is 11.3 Å². The number of halogens is 1. The number of oxazole rings is 1. The van der Waals surface area contributed by atoms with Gasteiger partial charge in [-0.1, -0.05) is 29.8 Å². The largest absolute Gasteiger partial charge is 0.497 e. The fraction of sp³-hybridized carbons (Fsp3) is 0.333. The summed E-state index contributed by atoms with van der Waals surface area (Å²) in [4.78, 5) is 13.5. The number of aliphatic imine (C=N–C) groups is 1. The Morgan fingerprint density at radius 3 is 2.38 bits per heavy atom. The van der Waals surface area contributed by atoms with Gasteiger partial charge in [0.2, 0.25) is 5.89 Å². The molecule has 170 valence electrons. The van der Waals surface area contributed by atoms with Crippen molar-refractivity contribution in [3.05, 3.63) is 66.2 Å². The van der Waals surface area contributed by atoms with Crippen LogP contribution in [0.5, 0.6) is 5.75 Å². The van der Waals surface area contributed by atoms with E-state index in [0.29, 0.717) is 12.4 Å². The minimum absolute atomic E-state index is 0. The summed E-state index contributed by atoms with van der Waals surface area (Å²) >= 11 is 0. The van der Waals surface area contributed by atoms with E-state index in [-0.39, 0.29) is 24.0 Å². The lowest BCUT2D eigenvalue weighted by Crippen LogP contribution is -2.52. The topological polar surface area (TPSA) is 66.1 Å². The Labute approximate surface area is 206 Å². The van der Waals surface area contributed by atoms with Crippen molar-refractivity contribution in [3.63, 3.8) is 0 Å². The first kappa shape index (κ1) is 23.9. The predicted octanol–water partition coefficient (Wildman–Crippen LogP) is 4.17. The minimum Gasteiger partial charge on any atom is -0.497 e. The molecular weight excluding hydrogens is 517 g/mol. The minimum atomic E-state index is 0. The van der Waals surface area contributed by atoms with Gasteiger partial charge < -0.3 is 24.3 Å². The summed E-state index contributed by atoms with van der Waals surface area (Å²) in [6.45, 7) is 6.23. The third-order valence-electron chi connectivity index (χ3n) is 5.52. The number of anilines is 1. The van der Waals surface area contributed by atoms with E-state index in [4.69, 9.17) is 9.15 Å². The van der Waals surface area contributed by atoms with E-state index in [0.717, 1.165) is 49.2 Å². The second-order valence-electron chi connectivity index (χ2n) is 7.56. The summed E-state index contributed by atoms with van der Waals surface area (Å²) in [5.74, 6) is 3.17. The molecule has 2 aromatic carbocycles. The second-order valence-corrected chi connectivity index (χ2v) is 7.56. The maximum absolute atomic E-state index is 5.92. The second kappa shape index (κ2) is 11.2. The molecule has 7 nitrogen and oxygen atoms in total. The van der Waals surface area contributed by atoms with Gasteiger partial charge in [0, 0.05) is 44.5 Å². The number of guanidine groups is 1. The summed E-state index contributed by atoms with van der Waals surface area (Å²) in [6.07, 6.45) is 1.78. The van der Waals surface area contributed by atoms with Crippen molar-refractivity contribution in [2.45, 2.75) is 13.5 Å². The molecule has 1 aromatic heterocycles. The molecule has 1 fully saturated rings. The summed E-state index contributed by atoms with van der Waals surface area (Å²) in [6, 6.07) is 16.5. The zero-order chi connectivity index (χ0) is 21.6. The first-order valence-corrected chi connectivity index (χ1v) is 10.5. The van der Waals surface area contributed by atoms with Crippen LogP contribution >= 0.6 is 24.0 Å². The Morgan fingerprint density at radius 2 is 1.75 bits per heavy atom. The lowest BCUT2D eigenvalue weighted by Gasteiger charge is -2.37. The summed E-state index contributed by atoms with van der Waals surface area (Å²) in [5, 5.41) is 3.38. The first-order chi connectivity index (χ1) is 15.2. The van der Waals surface area contributed by atoms with Crippen LogP contribution in [0, 0.1) is 6.92 Å². The molecule has 1 saturated heterocycles. The highest BCUT2D eigenvalue weighted by Crippen LogP contribution is 2.22. The zero-order valence-corrected chi connectivity index (χ0v) is 21.1. The molecule has 1 aliphatic heterocycles. The third kappa shape index (κ3) is 5.73. The van der Waals surface area contributed by atoms with Gasteiger partial charge in [-0.15, -0.1) is 24.0 Å². The van der Waals surface area contributed by atoms with E-state index in [1.807, 2.05) is 31.3 Å². The van der Waals surface area contributed by atoms with Gasteiger partial charge in [-0.3, -0.25) is 4.99 Å². The number of aryl methyl sites for hydroxylation is 1. The standard InChI is InChI=1S/C24H29N5O2.HI/c1-18-4-6-19(7-5-18)22-16-26-23(31-22)17-27-24(25-2)29-14-12-28(13-15-29)20-8-10-21(30-3)11-9-20;/h4-11,16H,12-15,17H2,1-3H3,(H,25,27);1H. The lowest BCUT2D eigenvalue weighted by molar-refractivity contribution is 0.369. The van der Waals surface area contributed by atoms with Crippen LogP contribution < -0.4 is 15.0 Å². The molecule has 4 rings (SSSR count). The van der Waals surface area contributed by atoms with Gasteiger partial charge in [0.15, 0.2) is 11.7 Å². The van der Waals surface area contributed by atoms with Gasteiger partial charge >= 0.3 is 0 Å². The van der Waals surface area contributed by atoms with E-state index < -0.39 is 0 Å². The maximum Gasteiger partial charge on any atom is 0.214 e. The highest BCUT2D eigenvalue weighted by molar-refractivity contribution is 14.0. The highest BCUT2D eigenvalue weighted by Gasteiger charge is 2.20. The molecule has 0 spiro atoms. The normalized spacial score (nSPS) is 14.2. The van der Waals surface area contributed by atoms with Crippen LogP contribution in [-0.2, 0) is 6.54 Å². The Morgan fingerprint density at radius 1 is 1.06 bits per heavy atom. The molecule has 0 unspecified atom stereocenters. The average Bonchev–Trinajstić information content (AvgIpc) is 3.29. The number of hydrogen-bond donors (Lipinski definition) is 1. The van der Waals surface area contributed by atoms with Gasteiger partial charge in [0.05, 0.1) is 19.9 Å². The van der Waals surface area contributed by atoms with Gasteiger partial charge in [-0.25, -0.2) is 4.98 Å². The first-order valence-electron chi connectivity index (χ1n) is 10.5. The van der Waals surface area contributed by atoms with Crippen LogP contribution in [0.15, 0.2) is 64.1 Å². The third-order valence-corrected chi connectivity index (χ3v) is 5.52. The molecule has 0 atom stereocenters. The van der Waals surface area contributed by atoms with Crippen LogP contribution in [-0.4, -0.2) is 56.2 Å². The number of nitrogens with one attached hydrogen (secondary N) is 1. The quantitative estimate of drug-likeness (QED) is 0.294. The van der Waals surface area contributed by atoms with Gasteiger partial charge in [0.1, 0.15) is 5.75 Å². The van der Waals surface area contributed by atoms with Crippen LogP contribution in [0.1, 0.15) is 11.5 Å². The molecule has 3 aromatic rings. The molecule has 0 saturated carbocycles. The molecule has 0 bridgehead atoms. The molecule has 0 amide bonds. The van der Waals surface area contributed by atoms with Crippen molar-refractivity contribution in [3.8, 4) is 17.1 Å². The van der Waals surface area contributed by atoms with E-state index in [2.05, 4.69) is 56.3 Å². The molecular formula is C24H30IN5O2. The summed E-state index contributed by atoms with van der Waals surface area (Å²) < 4.78 is 11.2. The number of benzene rings is 2. The molecule has 0 aliphatic carbocycles. The van der Waals surface area contributed by atoms with Gasteiger partial charge in [-0.2, -0.15) is 0 Å². The van der Waals surface area contributed by atoms with E-state index >= 15 is 0 Å². The summed E-state index contributed by atoms with van der Waals surface area (Å²) in [5.41, 5.74) is 3.47. The number of nitrogens with zero attached hydrogens (tertiary/aromatic N) is 4. The van der Waals surface area contributed by atoms with Gasteiger partial charge in [0.25, 0.3) is 0 Å². The predicted molar refractivity (Wildman–Crippen MR) is 139 cm³/mol. The number of ether oxygens (including phenoxy) is 1. The summed E-state index contributed by atoms with van der Waals surface area (Å²) in [7, 11) is 3.50. The van der Waals surface area contributed by atoms with Crippen molar-refractivity contribution in [2.75, 3.05) is 45.2 Å². The van der Waals surface area contributed by atoms with Crippen molar-refractivity contribution in [1.82, 2.24) is 15.2 Å². The number of rotatable bonds is 5. The Bertz CT molecular complexity index is 1010. The molecule has 1 N–H and O–H groups in total. The Kier molecular flexibility index (Phi) is 8.38. The SMILES string of the molecule is CN=C(NCc1ncc(-c2ccc(C)cc2)o1)N1CCN(c2ccc(OC)cc2)CC1.I. The molecule has 32 heavy (non-hydrogen) atoms. The molecule has 8 heteroatoms. The Balaban J connectivity index is 0.00000289. The molecule has 2 heterocycles. The molecule has 1 aliphatic rings. The van der Waals surface area contributed by atoms with Crippen LogP contribution in [0.3, 0.4) is 0 Å². The van der Waals surface area contributed by atoms with E-state index in [9.17, 15) is 0 Å². The lowest BCUT2D eigenvalue weighted by atomic mass is 10.1. The van der Waals surface area contributed by atoms with Crippen molar-refractivity contribution < 1.29 is 9.15 Å². The smallest absolute Gasteiger partial charge is 0.214 e. The monoisotopic (exact) mass is 547 g/mol. The average molecular weight is 547 g/mol. The highest BCUT2D eigenvalue weighted by atomic mass is 127. The molecule has 0 radical (unpaired) electrons. The van der Waals surface area contributed by atoms with Gasteiger partial charge in [-0.05, 0) is 31.2 Å². The van der Waals surface area contributed by atoms with Crippen LogP contribution in [0.2, 0.25) is 0 Å². The maximum atomic E-state index is 5.92. The van der Waals surface area contributed by atoms with Crippen molar-refractivity contribution >= 4 is 35.6 Å². The number of piperazine rings is 1. The number of aromatic nitrogens is 1.